The van der Waals surface area contributed by atoms with Crippen LogP contribution in [0.1, 0.15) is 19.5 Å². The summed E-state index contributed by atoms with van der Waals surface area (Å²) in [6, 6.07) is 0.523. The van der Waals surface area contributed by atoms with E-state index in [9.17, 15) is 4.79 Å². The van der Waals surface area contributed by atoms with Gasteiger partial charge in [-0.1, -0.05) is 0 Å². The van der Waals surface area contributed by atoms with Gasteiger partial charge in [0, 0.05) is 0 Å². The van der Waals surface area contributed by atoms with Gasteiger partial charge in [-0.2, -0.15) is 0 Å². The third kappa shape index (κ3) is 1.08. The van der Waals surface area contributed by atoms with Crippen molar-refractivity contribution < 1.29 is 14.6 Å². The van der Waals surface area contributed by atoms with Crippen LogP contribution in [0.2, 0.25) is 0 Å². The van der Waals surface area contributed by atoms with Crippen LogP contribution in [-0.4, -0.2) is 27.2 Å². The van der Waals surface area contributed by atoms with E-state index in [1.165, 1.54) is 0 Å². The molecule has 0 fully saturated rings. The molecule has 0 bridgehead atoms. The quantitative estimate of drug-likeness (QED) is 0.753. The van der Waals surface area contributed by atoms with E-state index in [1.54, 1.807) is 20.0 Å². The molecule has 0 saturated carbocycles. The monoisotopic (exact) mass is 196 g/mol. The summed E-state index contributed by atoms with van der Waals surface area (Å²) >= 11 is 0. The van der Waals surface area contributed by atoms with Gasteiger partial charge in [0.1, 0.15) is 12.0 Å². The fourth-order valence-corrected chi connectivity index (χ4v) is 1.53. The molecule has 1 aliphatic rings. The van der Waals surface area contributed by atoms with Crippen molar-refractivity contribution in [2.75, 3.05) is 6.61 Å². The summed E-state index contributed by atoms with van der Waals surface area (Å²) < 4.78 is 7.03. The Labute approximate surface area is 81.3 Å². The summed E-state index contributed by atoms with van der Waals surface area (Å²) in [4.78, 5) is 15.1. The number of imidazole rings is 1. The molecule has 76 valence electrons. The van der Waals surface area contributed by atoms with E-state index >= 15 is 0 Å². The maximum atomic E-state index is 11.0. The summed E-state index contributed by atoms with van der Waals surface area (Å²) in [5, 5.41) is 9.06. The van der Waals surface area contributed by atoms with Crippen molar-refractivity contribution in [3.05, 3.63) is 11.9 Å². The van der Waals surface area contributed by atoms with Crippen LogP contribution in [0.5, 0.6) is 6.01 Å². The summed E-state index contributed by atoms with van der Waals surface area (Å²) in [5.41, 5.74) is -0.226. The number of nitrogens with zero attached hydrogens (tertiary/aromatic N) is 2. The number of carboxylic acids is 1. The Balaban J connectivity index is 2.47. The number of ether oxygens (including phenoxy) is 1. The first kappa shape index (κ1) is 9.05. The molecule has 1 aromatic rings. The van der Waals surface area contributed by atoms with Gasteiger partial charge in [-0.25, -0.2) is 4.98 Å². The minimum atomic E-state index is -0.918. The van der Waals surface area contributed by atoms with Crippen LogP contribution in [0.3, 0.4) is 0 Å². The average Bonchev–Trinajstić information content (AvgIpc) is 2.61. The molecule has 14 heavy (non-hydrogen) atoms. The number of hydrogen-bond acceptors (Lipinski definition) is 3. The number of aromatic nitrogens is 2. The minimum Gasteiger partial charge on any atom is -0.481 e. The fourth-order valence-electron chi connectivity index (χ4n) is 1.53. The average molecular weight is 196 g/mol. The second-order valence-electron chi connectivity index (χ2n) is 3.86. The third-order valence-corrected chi connectivity index (χ3v) is 2.54. The van der Waals surface area contributed by atoms with Crippen molar-refractivity contribution in [3.8, 4) is 6.01 Å². The predicted octanol–water partition coefficient (Wildman–Crippen LogP) is 0.638. The highest BCUT2D eigenvalue weighted by Gasteiger charge is 2.35. The second kappa shape index (κ2) is 2.73. The van der Waals surface area contributed by atoms with Gasteiger partial charge < -0.3 is 9.84 Å². The Bertz CT molecular complexity index is 381. The van der Waals surface area contributed by atoms with Gasteiger partial charge in [0.05, 0.1) is 18.4 Å². The van der Waals surface area contributed by atoms with Crippen LogP contribution in [0, 0.1) is 0 Å². The molecule has 2 heterocycles. The maximum Gasteiger partial charge on any atom is 0.315 e. The first-order chi connectivity index (χ1) is 6.53. The van der Waals surface area contributed by atoms with Crippen molar-refractivity contribution >= 4 is 5.97 Å². The van der Waals surface area contributed by atoms with Gasteiger partial charge in [-0.15, -0.1) is 0 Å². The predicted molar refractivity (Wildman–Crippen MR) is 48.4 cm³/mol. The van der Waals surface area contributed by atoms with Crippen LogP contribution in [0.25, 0.3) is 0 Å². The number of carboxylic acid groups (broad SMARTS) is 1. The van der Waals surface area contributed by atoms with Gasteiger partial charge in [0.25, 0.3) is 6.01 Å². The molecule has 2 rings (SSSR count). The molecule has 0 amide bonds. The van der Waals surface area contributed by atoms with Crippen molar-refractivity contribution in [3.63, 3.8) is 0 Å². The Morgan fingerprint density at radius 2 is 2.43 bits per heavy atom. The molecule has 5 heteroatoms. The molecule has 0 aliphatic carbocycles. The van der Waals surface area contributed by atoms with Crippen molar-refractivity contribution in [2.45, 2.75) is 25.8 Å². The SMILES string of the molecule is CC(C)(C(=O)O)c1cnc2n1CCO2. The van der Waals surface area contributed by atoms with Gasteiger partial charge >= 0.3 is 5.97 Å². The molecule has 0 saturated heterocycles. The molecule has 0 radical (unpaired) electrons. The Morgan fingerprint density at radius 1 is 1.71 bits per heavy atom. The van der Waals surface area contributed by atoms with Crippen molar-refractivity contribution in [1.29, 1.82) is 0 Å². The zero-order valence-corrected chi connectivity index (χ0v) is 8.15. The van der Waals surface area contributed by atoms with Crippen LogP contribution >= 0.6 is 0 Å². The molecule has 1 N–H and O–H groups in total. The van der Waals surface area contributed by atoms with Gasteiger partial charge in [0.2, 0.25) is 0 Å². The third-order valence-electron chi connectivity index (χ3n) is 2.54. The Morgan fingerprint density at radius 3 is 3.07 bits per heavy atom. The summed E-state index contributed by atoms with van der Waals surface area (Å²) in [6.45, 7) is 4.59. The normalized spacial score (nSPS) is 15.0. The minimum absolute atomic E-state index is 0.523. The van der Waals surface area contributed by atoms with Crippen molar-refractivity contribution in [1.82, 2.24) is 9.55 Å². The van der Waals surface area contributed by atoms with Crippen LogP contribution < -0.4 is 4.74 Å². The summed E-state index contributed by atoms with van der Waals surface area (Å²) in [7, 11) is 0. The molecule has 0 spiro atoms. The van der Waals surface area contributed by atoms with E-state index in [2.05, 4.69) is 4.98 Å². The number of fused-ring (bicyclic) bond motifs is 1. The number of aliphatic carboxylic acids is 1. The van der Waals surface area contributed by atoms with Crippen LogP contribution in [0.15, 0.2) is 6.20 Å². The van der Waals surface area contributed by atoms with Crippen LogP contribution in [-0.2, 0) is 16.8 Å². The van der Waals surface area contributed by atoms with E-state index < -0.39 is 11.4 Å². The lowest BCUT2D eigenvalue weighted by atomic mass is 9.90. The summed E-state index contributed by atoms with van der Waals surface area (Å²) in [5.74, 6) is -0.855. The highest BCUT2D eigenvalue weighted by Crippen LogP contribution is 2.29. The molecule has 0 atom stereocenters. The number of hydrogen-bond donors (Lipinski definition) is 1. The van der Waals surface area contributed by atoms with Gasteiger partial charge in [-0.3, -0.25) is 9.36 Å². The molecule has 1 aliphatic heterocycles. The topological polar surface area (TPSA) is 64.3 Å². The molecule has 1 aromatic heterocycles. The lowest BCUT2D eigenvalue weighted by Gasteiger charge is -2.19. The smallest absolute Gasteiger partial charge is 0.315 e. The molecular formula is C9H12N2O3. The number of carbonyl (C=O) groups is 1. The maximum absolute atomic E-state index is 11.0. The first-order valence-electron chi connectivity index (χ1n) is 4.45. The highest BCUT2D eigenvalue weighted by molar-refractivity contribution is 5.79. The molecule has 0 unspecified atom stereocenters. The molecule has 0 aromatic carbocycles. The Hall–Kier alpha value is -1.52. The van der Waals surface area contributed by atoms with E-state index in [4.69, 9.17) is 9.84 Å². The van der Waals surface area contributed by atoms with E-state index in [0.717, 1.165) is 0 Å². The largest absolute Gasteiger partial charge is 0.481 e. The van der Waals surface area contributed by atoms with Crippen LogP contribution in [0.4, 0.5) is 0 Å². The van der Waals surface area contributed by atoms with Gasteiger partial charge in [0.15, 0.2) is 0 Å². The van der Waals surface area contributed by atoms with E-state index in [-0.39, 0.29) is 0 Å². The summed E-state index contributed by atoms with van der Waals surface area (Å²) in [6.07, 6.45) is 1.57. The van der Waals surface area contributed by atoms with Crippen molar-refractivity contribution in [2.24, 2.45) is 0 Å². The Kier molecular flexibility index (Phi) is 1.77. The second-order valence-corrected chi connectivity index (χ2v) is 3.86. The highest BCUT2D eigenvalue weighted by atomic mass is 16.5. The molecular weight excluding hydrogens is 184 g/mol. The first-order valence-corrected chi connectivity index (χ1v) is 4.45. The lowest BCUT2D eigenvalue weighted by Crippen LogP contribution is -2.31. The standard InChI is InChI=1S/C9H12N2O3/c1-9(2,7(12)13)6-5-10-8-11(6)3-4-14-8/h5H,3-4H2,1-2H3,(H,12,13). The number of rotatable bonds is 2. The van der Waals surface area contributed by atoms with Gasteiger partial charge in [-0.05, 0) is 13.8 Å². The molecule has 5 nitrogen and oxygen atoms in total. The van der Waals surface area contributed by atoms with E-state index in [1.807, 2.05) is 4.57 Å². The van der Waals surface area contributed by atoms with E-state index in [0.29, 0.717) is 24.9 Å². The zero-order chi connectivity index (χ0) is 10.3. The fraction of sp³-hybridized carbons (Fsp3) is 0.556. The lowest BCUT2D eigenvalue weighted by molar-refractivity contribution is -0.142. The zero-order valence-electron chi connectivity index (χ0n) is 8.15.